The van der Waals surface area contributed by atoms with Gasteiger partial charge in [-0.2, -0.15) is 0 Å². The minimum atomic E-state index is -1.03. The van der Waals surface area contributed by atoms with Gasteiger partial charge >= 0.3 is 5.97 Å². The van der Waals surface area contributed by atoms with Crippen LogP contribution >= 0.6 is 0 Å². The number of carboxylic acid groups (broad SMARTS) is 1. The number of carboxylic acids is 1. The lowest BCUT2D eigenvalue weighted by Gasteiger charge is -2.04. The van der Waals surface area contributed by atoms with E-state index in [1.165, 1.54) is 17.2 Å². The predicted octanol–water partition coefficient (Wildman–Crippen LogP) is 3.19. The molecule has 2 aromatic rings. The molecule has 0 saturated heterocycles. The number of aryl methyl sites for hydroxylation is 2. The lowest BCUT2D eigenvalue weighted by Crippen LogP contribution is -1.93. The van der Waals surface area contributed by atoms with Crippen molar-refractivity contribution in [2.75, 3.05) is 0 Å². The molecule has 0 bridgehead atoms. The summed E-state index contributed by atoms with van der Waals surface area (Å²) in [6.07, 6.45) is 0.626. The number of carbonyl (C=O) groups is 1. The van der Waals surface area contributed by atoms with Crippen molar-refractivity contribution in [1.82, 2.24) is 0 Å². The molecule has 0 aliphatic carbocycles. The summed E-state index contributed by atoms with van der Waals surface area (Å²) in [4.78, 5) is 10.7. The van der Waals surface area contributed by atoms with Crippen molar-refractivity contribution in [2.24, 2.45) is 0 Å². The second kappa shape index (κ2) is 4.45. The summed E-state index contributed by atoms with van der Waals surface area (Å²) in [6, 6.07) is 9.42. The van der Waals surface area contributed by atoms with Crippen molar-refractivity contribution >= 4 is 5.97 Å². The third-order valence-corrected chi connectivity index (χ3v) is 2.74. The Morgan fingerprint density at radius 3 is 2.65 bits per heavy atom. The molecule has 1 N–H and O–H groups in total. The second-order valence-corrected chi connectivity index (χ2v) is 4.18. The van der Waals surface area contributed by atoms with Gasteiger partial charge in [-0.15, -0.1) is 0 Å². The topological polar surface area (TPSA) is 50.4 Å². The van der Waals surface area contributed by atoms with E-state index in [0.29, 0.717) is 12.2 Å². The van der Waals surface area contributed by atoms with E-state index in [-0.39, 0.29) is 5.76 Å². The molecule has 0 spiro atoms. The summed E-state index contributed by atoms with van der Waals surface area (Å²) in [5.41, 5.74) is 3.54. The van der Waals surface area contributed by atoms with Gasteiger partial charge in [0.05, 0.1) is 0 Å². The highest BCUT2D eigenvalue weighted by molar-refractivity contribution is 5.84. The van der Waals surface area contributed by atoms with Crippen molar-refractivity contribution in [3.63, 3.8) is 0 Å². The third-order valence-electron chi connectivity index (χ3n) is 2.74. The molecule has 0 atom stereocenters. The van der Waals surface area contributed by atoms with Gasteiger partial charge in [0.1, 0.15) is 5.76 Å². The van der Waals surface area contributed by atoms with E-state index in [2.05, 4.69) is 18.2 Å². The van der Waals surface area contributed by atoms with Gasteiger partial charge in [0.25, 0.3) is 0 Å². The van der Waals surface area contributed by atoms with Gasteiger partial charge in [0, 0.05) is 6.42 Å². The Morgan fingerprint density at radius 1 is 1.24 bits per heavy atom. The van der Waals surface area contributed by atoms with Crippen molar-refractivity contribution in [1.29, 1.82) is 0 Å². The van der Waals surface area contributed by atoms with Crippen LogP contribution in [0.2, 0.25) is 0 Å². The fourth-order valence-electron chi connectivity index (χ4n) is 1.77. The van der Waals surface area contributed by atoms with Gasteiger partial charge in [-0.25, -0.2) is 4.79 Å². The molecular weight excluding hydrogens is 216 g/mol. The van der Waals surface area contributed by atoms with E-state index in [9.17, 15) is 4.79 Å². The summed E-state index contributed by atoms with van der Waals surface area (Å²) >= 11 is 0. The zero-order valence-corrected chi connectivity index (χ0v) is 9.86. The van der Waals surface area contributed by atoms with Crippen LogP contribution in [-0.4, -0.2) is 11.1 Å². The minimum Gasteiger partial charge on any atom is -0.475 e. The van der Waals surface area contributed by atoms with Crippen molar-refractivity contribution < 1.29 is 14.3 Å². The van der Waals surface area contributed by atoms with Gasteiger partial charge in [-0.05, 0) is 37.1 Å². The molecule has 0 saturated carbocycles. The Hall–Kier alpha value is -2.03. The van der Waals surface area contributed by atoms with Crippen molar-refractivity contribution in [3.05, 3.63) is 58.5 Å². The van der Waals surface area contributed by atoms with E-state index in [0.717, 1.165) is 5.56 Å². The number of hydrogen-bond acceptors (Lipinski definition) is 2. The Labute approximate surface area is 99.7 Å². The summed E-state index contributed by atoms with van der Waals surface area (Å²) in [7, 11) is 0. The minimum absolute atomic E-state index is 0.00898. The van der Waals surface area contributed by atoms with E-state index in [1.54, 1.807) is 6.07 Å². The van der Waals surface area contributed by atoms with Crippen LogP contribution in [-0.2, 0) is 6.42 Å². The summed E-state index contributed by atoms with van der Waals surface area (Å²) in [5.74, 6) is -0.362. The number of hydrogen-bond donors (Lipinski definition) is 1. The van der Waals surface area contributed by atoms with Gasteiger partial charge in [0.2, 0.25) is 5.76 Å². The molecule has 0 amide bonds. The maximum Gasteiger partial charge on any atom is 0.371 e. The fourth-order valence-corrected chi connectivity index (χ4v) is 1.77. The molecule has 1 aromatic heterocycles. The van der Waals surface area contributed by atoms with Gasteiger partial charge in [-0.1, -0.05) is 23.8 Å². The Balaban J connectivity index is 2.25. The van der Waals surface area contributed by atoms with Crippen molar-refractivity contribution in [3.8, 4) is 0 Å². The Bertz CT molecular complexity index is 552. The first-order valence-corrected chi connectivity index (χ1v) is 5.44. The van der Waals surface area contributed by atoms with E-state index in [1.807, 2.05) is 13.8 Å². The molecule has 88 valence electrons. The zero-order valence-electron chi connectivity index (χ0n) is 9.86. The molecule has 17 heavy (non-hydrogen) atoms. The molecule has 3 nitrogen and oxygen atoms in total. The number of furan rings is 1. The second-order valence-electron chi connectivity index (χ2n) is 4.18. The highest BCUT2D eigenvalue weighted by Gasteiger charge is 2.10. The Kier molecular flexibility index (Phi) is 3.00. The third kappa shape index (κ3) is 2.56. The zero-order chi connectivity index (χ0) is 12.4. The van der Waals surface area contributed by atoms with Gasteiger partial charge < -0.3 is 9.52 Å². The largest absolute Gasteiger partial charge is 0.475 e. The van der Waals surface area contributed by atoms with E-state index >= 15 is 0 Å². The fraction of sp³-hybridized carbons (Fsp3) is 0.214. The number of rotatable bonds is 3. The Morgan fingerprint density at radius 2 is 2.00 bits per heavy atom. The highest BCUT2D eigenvalue weighted by atomic mass is 16.4. The summed E-state index contributed by atoms with van der Waals surface area (Å²) in [6.45, 7) is 4.07. The lowest BCUT2D eigenvalue weighted by atomic mass is 10.0. The molecule has 1 aromatic carbocycles. The predicted molar refractivity (Wildman–Crippen MR) is 64.4 cm³/mol. The lowest BCUT2D eigenvalue weighted by molar-refractivity contribution is 0.0660. The van der Waals surface area contributed by atoms with Crippen LogP contribution in [0, 0.1) is 13.8 Å². The first-order valence-electron chi connectivity index (χ1n) is 5.44. The molecule has 0 aliphatic rings. The molecule has 3 heteroatoms. The van der Waals surface area contributed by atoms with E-state index in [4.69, 9.17) is 9.52 Å². The molecule has 2 rings (SSSR count). The average molecular weight is 230 g/mol. The van der Waals surface area contributed by atoms with Crippen LogP contribution in [0.15, 0.2) is 34.7 Å². The quantitative estimate of drug-likeness (QED) is 0.880. The molecule has 0 aliphatic heterocycles. The summed E-state index contributed by atoms with van der Waals surface area (Å²) < 4.78 is 5.24. The van der Waals surface area contributed by atoms with Gasteiger partial charge in [-0.3, -0.25) is 0 Å². The number of aromatic carboxylic acids is 1. The van der Waals surface area contributed by atoms with Crippen LogP contribution < -0.4 is 0 Å². The first kappa shape index (κ1) is 11.5. The summed E-state index contributed by atoms with van der Waals surface area (Å²) in [5, 5.41) is 8.77. The maximum atomic E-state index is 10.7. The molecule has 1 heterocycles. The molecule has 0 fully saturated rings. The smallest absolute Gasteiger partial charge is 0.371 e. The first-order chi connectivity index (χ1) is 8.06. The highest BCUT2D eigenvalue weighted by Crippen LogP contribution is 2.17. The molecular formula is C14H14O3. The van der Waals surface area contributed by atoms with Crippen molar-refractivity contribution in [2.45, 2.75) is 20.3 Å². The van der Waals surface area contributed by atoms with E-state index < -0.39 is 5.97 Å². The molecule has 0 unspecified atom stereocenters. The normalized spacial score (nSPS) is 10.5. The molecule has 0 radical (unpaired) electrons. The number of benzene rings is 1. The van der Waals surface area contributed by atoms with Crippen LogP contribution in [0.4, 0.5) is 0 Å². The maximum absolute atomic E-state index is 10.7. The monoisotopic (exact) mass is 230 g/mol. The van der Waals surface area contributed by atoms with Crippen LogP contribution in [0.1, 0.15) is 33.0 Å². The van der Waals surface area contributed by atoms with Crippen LogP contribution in [0.5, 0.6) is 0 Å². The van der Waals surface area contributed by atoms with Crippen LogP contribution in [0.25, 0.3) is 0 Å². The van der Waals surface area contributed by atoms with Gasteiger partial charge in [0.15, 0.2) is 0 Å². The van der Waals surface area contributed by atoms with Crippen LogP contribution in [0.3, 0.4) is 0 Å². The SMILES string of the molecule is Cc1ccc(C)c(Cc2ccc(C(=O)O)o2)c1. The standard InChI is InChI=1S/C14H14O3/c1-9-3-4-10(2)11(7-9)8-12-5-6-13(17-12)14(15)16/h3-7H,8H2,1-2H3,(H,15,16). The average Bonchev–Trinajstić information content (AvgIpc) is 2.72.